The van der Waals surface area contributed by atoms with Crippen LogP contribution in [-0.2, 0) is 4.79 Å². The quantitative estimate of drug-likeness (QED) is 0.750. The minimum Gasteiger partial charge on any atom is -0.481 e. The zero-order chi connectivity index (χ0) is 11.8. The van der Waals surface area contributed by atoms with Gasteiger partial charge in [0.2, 0.25) is 0 Å². The first-order chi connectivity index (χ1) is 8.25. The normalized spacial score (nSPS) is 36.4. The molecule has 0 saturated heterocycles. The van der Waals surface area contributed by atoms with Gasteiger partial charge in [-0.2, -0.15) is 0 Å². The van der Waals surface area contributed by atoms with Crippen LogP contribution in [0.2, 0.25) is 0 Å². The summed E-state index contributed by atoms with van der Waals surface area (Å²) in [5.74, 6) is 0.684. The molecule has 2 fully saturated rings. The van der Waals surface area contributed by atoms with Gasteiger partial charge in [0, 0.05) is 0 Å². The monoisotopic (exact) mass is 232 g/mol. The highest BCUT2D eigenvalue weighted by Crippen LogP contribution is 2.47. The zero-order valence-corrected chi connectivity index (χ0v) is 10.2. The minimum atomic E-state index is -0.609. The average molecular weight is 232 g/mol. The summed E-state index contributed by atoms with van der Waals surface area (Å²) in [5, 5.41) is 9.12. The third kappa shape index (κ3) is 1.94. The van der Waals surface area contributed by atoms with Gasteiger partial charge in [0.1, 0.15) is 0 Å². The number of fused-ring (bicyclic) bond motifs is 3. The van der Waals surface area contributed by atoms with Crippen LogP contribution in [-0.4, -0.2) is 11.1 Å². The van der Waals surface area contributed by atoms with Gasteiger partial charge in [-0.1, -0.05) is 29.7 Å². The first-order valence-electron chi connectivity index (χ1n) is 6.88. The first-order valence-corrected chi connectivity index (χ1v) is 6.88. The SMILES string of the molecule is O=C(O)C1CCC2C(=CC=C3CCCCC32)C1. The van der Waals surface area contributed by atoms with Crippen molar-refractivity contribution in [3.05, 3.63) is 23.3 Å². The molecule has 2 heteroatoms. The lowest BCUT2D eigenvalue weighted by Gasteiger charge is -2.40. The molecule has 0 aromatic rings. The third-order valence-electron chi connectivity index (χ3n) is 4.84. The van der Waals surface area contributed by atoms with E-state index in [1.54, 1.807) is 5.57 Å². The standard InChI is InChI=1S/C15H20O2/c16-15(17)12-7-8-14-11(9-12)6-5-10-3-1-2-4-13(10)14/h5-6,12-14H,1-4,7-9H2,(H,16,17). The number of aliphatic carboxylic acids is 1. The number of hydrogen-bond acceptors (Lipinski definition) is 1. The Kier molecular flexibility index (Phi) is 2.81. The van der Waals surface area contributed by atoms with Gasteiger partial charge in [-0.3, -0.25) is 4.79 Å². The van der Waals surface area contributed by atoms with Gasteiger partial charge in [0.15, 0.2) is 0 Å². The number of allylic oxidation sites excluding steroid dienone is 4. The minimum absolute atomic E-state index is 0.129. The van der Waals surface area contributed by atoms with Crippen LogP contribution >= 0.6 is 0 Å². The zero-order valence-electron chi connectivity index (χ0n) is 10.2. The maximum absolute atomic E-state index is 11.1. The number of carboxylic acids is 1. The summed E-state index contributed by atoms with van der Waals surface area (Å²) in [5.41, 5.74) is 3.05. The van der Waals surface area contributed by atoms with E-state index in [0.717, 1.165) is 25.2 Å². The van der Waals surface area contributed by atoms with Crippen molar-refractivity contribution in [3.63, 3.8) is 0 Å². The lowest BCUT2D eigenvalue weighted by molar-refractivity contribution is -0.142. The Bertz CT molecular complexity index is 392. The van der Waals surface area contributed by atoms with Crippen LogP contribution in [0, 0.1) is 17.8 Å². The summed E-state index contributed by atoms with van der Waals surface area (Å²) in [7, 11) is 0. The Hall–Kier alpha value is -1.05. The fourth-order valence-corrected chi connectivity index (χ4v) is 3.91. The molecular weight excluding hydrogens is 212 g/mol. The Morgan fingerprint density at radius 3 is 2.65 bits per heavy atom. The summed E-state index contributed by atoms with van der Waals surface area (Å²) < 4.78 is 0. The molecule has 92 valence electrons. The van der Waals surface area contributed by atoms with Crippen molar-refractivity contribution < 1.29 is 9.90 Å². The van der Waals surface area contributed by atoms with Gasteiger partial charge < -0.3 is 5.11 Å². The van der Waals surface area contributed by atoms with Gasteiger partial charge in [-0.05, 0) is 50.4 Å². The smallest absolute Gasteiger partial charge is 0.306 e. The predicted molar refractivity (Wildman–Crippen MR) is 66.6 cm³/mol. The van der Waals surface area contributed by atoms with Gasteiger partial charge in [-0.25, -0.2) is 0 Å². The second-order valence-corrected chi connectivity index (χ2v) is 5.76. The molecule has 0 amide bonds. The van der Waals surface area contributed by atoms with Crippen molar-refractivity contribution in [2.45, 2.75) is 44.9 Å². The van der Waals surface area contributed by atoms with Crippen molar-refractivity contribution in [3.8, 4) is 0 Å². The summed E-state index contributed by atoms with van der Waals surface area (Å²) in [6.07, 6.45) is 12.6. The maximum atomic E-state index is 11.1. The number of rotatable bonds is 1. The van der Waals surface area contributed by atoms with E-state index in [2.05, 4.69) is 12.2 Å². The van der Waals surface area contributed by atoms with E-state index in [0.29, 0.717) is 5.92 Å². The molecule has 0 spiro atoms. The van der Waals surface area contributed by atoms with Crippen LogP contribution in [0.1, 0.15) is 44.9 Å². The molecule has 0 bridgehead atoms. The molecule has 0 heterocycles. The molecule has 0 aromatic heterocycles. The van der Waals surface area contributed by atoms with Gasteiger partial charge >= 0.3 is 5.97 Å². The van der Waals surface area contributed by atoms with Crippen molar-refractivity contribution in [1.29, 1.82) is 0 Å². The fraction of sp³-hybridized carbons (Fsp3) is 0.667. The lowest BCUT2D eigenvalue weighted by Crippen LogP contribution is -2.31. The van der Waals surface area contributed by atoms with Crippen LogP contribution in [0.3, 0.4) is 0 Å². The molecule has 2 saturated carbocycles. The van der Waals surface area contributed by atoms with Crippen LogP contribution < -0.4 is 0 Å². The van der Waals surface area contributed by atoms with Crippen molar-refractivity contribution in [2.24, 2.45) is 17.8 Å². The van der Waals surface area contributed by atoms with Crippen molar-refractivity contribution in [1.82, 2.24) is 0 Å². The number of carbonyl (C=O) groups is 1. The summed E-state index contributed by atoms with van der Waals surface area (Å²) in [4.78, 5) is 11.1. The van der Waals surface area contributed by atoms with Gasteiger partial charge in [0.25, 0.3) is 0 Å². The molecule has 0 radical (unpaired) electrons. The maximum Gasteiger partial charge on any atom is 0.306 e. The second kappa shape index (κ2) is 4.32. The predicted octanol–water partition coefficient (Wildman–Crippen LogP) is 3.54. The summed E-state index contributed by atoms with van der Waals surface area (Å²) in [6, 6.07) is 0. The molecular formula is C15H20O2. The highest BCUT2D eigenvalue weighted by Gasteiger charge is 2.37. The third-order valence-corrected chi connectivity index (χ3v) is 4.84. The van der Waals surface area contributed by atoms with Crippen LogP contribution in [0.4, 0.5) is 0 Å². The molecule has 0 aromatic carbocycles. The summed E-state index contributed by atoms with van der Waals surface area (Å²) in [6.45, 7) is 0. The van der Waals surface area contributed by atoms with E-state index in [1.807, 2.05) is 0 Å². The number of hydrogen-bond donors (Lipinski definition) is 1. The number of carboxylic acid groups (broad SMARTS) is 1. The molecule has 3 aliphatic carbocycles. The second-order valence-electron chi connectivity index (χ2n) is 5.76. The molecule has 3 atom stereocenters. The van der Waals surface area contributed by atoms with E-state index in [1.165, 1.54) is 31.3 Å². The highest BCUT2D eigenvalue weighted by molar-refractivity contribution is 5.70. The van der Waals surface area contributed by atoms with Crippen molar-refractivity contribution >= 4 is 5.97 Å². The lowest BCUT2D eigenvalue weighted by atomic mass is 9.64. The first kappa shape index (κ1) is 11.1. The van der Waals surface area contributed by atoms with Crippen molar-refractivity contribution in [2.75, 3.05) is 0 Å². The summed E-state index contributed by atoms with van der Waals surface area (Å²) >= 11 is 0. The molecule has 3 unspecified atom stereocenters. The molecule has 2 nitrogen and oxygen atoms in total. The Morgan fingerprint density at radius 1 is 1.06 bits per heavy atom. The fourth-order valence-electron chi connectivity index (χ4n) is 3.91. The Balaban J connectivity index is 1.82. The topological polar surface area (TPSA) is 37.3 Å². The highest BCUT2D eigenvalue weighted by atomic mass is 16.4. The molecule has 3 rings (SSSR count). The Morgan fingerprint density at radius 2 is 1.82 bits per heavy atom. The van der Waals surface area contributed by atoms with E-state index < -0.39 is 5.97 Å². The average Bonchev–Trinajstić information content (AvgIpc) is 2.38. The van der Waals surface area contributed by atoms with E-state index in [4.69, 9.17) is 5.11 Å². The van der Waals surface area contributed by atoms with Crippen LogP contribution in [0.15, 0.2) is 23.3 Å². The molecule has 3 aliphatic rings. The van der Waals surface area contributed by atoms with Crippen LogP contribution in [0.25, 0.3) is 0 Å². The van der Waals surface area contributed by atoms with E-state index >= 15 is 0 Å². The van der Waals surface area contributed by atoms with E-state index in [-0.39, 0.29) is 5.92 Å². The molecule has 1 N–H and O–H groups in total. The van der Waals surface area contributed by atoms with E-state index in [9.17, 15) is 4.79 Å². The van der Waals surface area contributed by atoms with Gasteiger partial charge in [-0.15, -0.1) is 0 Å². The molecule has 0 aliphatic heterocycles. The largest absolute Gasteiger partial charge is 0.481 e. The van der Waals surface area contributed by atoms with Crippen LogP contribution in [0.5, 0.6) is 0 Å². The molecule has 17 heavy (non-hydrogen) atoms. The Labute approximate surface area is 102 Å². The van der Waals surface area contributed by atoms with Gasteiger partial charge in [0.05, 0.1) is 5.92 Å².